The lowest BCUT2D eigenvalue weighted by Crippen LogP contribution is -2.44. The number of imidazole rings is 1. The largest absolute Gasteiger partial charge is 0.366 e. The molecule has 0 amide bonds. The first-order valence-electron chi connectivity index (χ1n) is 10.7. The predicted octanol–water partition coefficient (Wildman–Crippen LogP) is 3.02. The minimum Gasteiger partial charge on any atom is -0.366 e. The van der Waals surface area contributed by atoms with E-state index in [9.17, 15) is 0 Å². The minimum absolute atomic E-state index is 0.683. The number of fused-ring (bicyclic) bond motifs is 2. The van der Waals surface area contributed by atoms with Gasteiger partial charge in [-0.1, -0.05) is 0 Å². The highest BCUT2D eigenvalue weighted by Crippen LogP contribution is 2.31. The molecule has 0 unspecified atom stereocenters. The first-order chi connectivity index (χ1) is 15.7. The molecule has 0 saturated carbocycles. The van der Waals surface area contributed by atoms with Gasteiger partial charge in [-0.15, -0.1) is 0 Å². The number of likely N-dealkylation sites (N-methyl/N-ethyl adjacent to an activating group) is 1. The quantitative estimate of drug-likeness (QED) is 0.458. The smallest absolute Gasteiger partial charge is 0.161 e. The summed E-state index contributed by atoms with van der Waals surface area (Å²) < 4.78 is 0. The van der Waals surface area contributed by atoms with Crippen molar-refractivity contribution in [3.63, 3.8) is 0 Å². The number of aromatic nitrogens is 7. The molecule has 0 atom stereocenters. The average Bonchev–Trinajstić information content (AvgIpc) is 3.43. The molecule has 0 radical (unpaired) electrons. The zero-order chi connectivity index (χ0) is 21.7. The average molecular weight is 426 g/mol. The van der Waals surface area contributed by atoms with Crippen LogP contribution >= 0.6 is 0 Å². The van der Waals surface area contributed by atoms with Gasteiger partial charge in [0.2, 0.25) is 0 Å². The first kappa shape index (κ1) is 18.9. The van der Waals surface area contributed by atoms with Crippen LogP contribution in [0.5, 0.6) is 0 Å². The Morgan fingerprint density at radius 1 is 0.875 bits per heavy atom. The second-order valence-corrected chi connectivity index (χ2v) is 8.29. The second kappa shape index (κ2) is 7.38. The van der Waals surface area contributed by atoms with Crippen molar-refractivity contribution in [3.05, 3.63) is 48.5 Å². The molecule has 6 rings (SSSR count). The normalized spacial score (nSPS) is 15.1. The zero-order valence-corrected chi connectivity index (χ0v) is 18.0. The molecule has 1 saturated heterocycles. The van der Waals surface area contributed by atoms with Crippen molar-refractivity contribution in [2.75, 3.05) is 38.1 Å². The number of H-pyrrole nitrogens is 2. The van der Waals surface area contributed by atoms with E-state index in [1.54, 1.807) is 6.20 Å². The minimum atomic E-state index is 0.683. The molecule has 0 spiro atoms. The van der Waals surface area contributed by atoms with Gasteiger partial charge in [0.1, 0.15) is 11.0 Å². The molecule has 160 valence electrons. The highest BCUT2D eigenvalue weighted by molar-refractivity contribution is 5.94. The Bertz CT molecular complexity index is 1430. The maximum absolute atomic E-state index is 4.93. The molecule has 1 fully saturated rings. The van der Waals surface area contributed by atoms with Gasteiger partial charge in [0.15, 0.2) is 11.5 Å². The van der Waals surface area contributed by atoms with E-state index in [1.165, 1.54) is 0 Å². The standard InChI is InChI=1S/C23H23N9/c1-14-5-6-24-11-15(14)16-3-4-17-21(26-16)22(30-29-17)23-27-18-12-25-13-19(20(18)28-23)32-9-7-31(2)8-10-32/h3-6,11-13H,7-10H2,1-2H3,(H,27,28)(H,29,30). The monoisotopic (exact) mass is 425 g/mol. The summed E-state index contributed by atoms with van der Waals surface area (Å²) >= 11 is 0. The van der Waals surface area contributed by atoms with Crippen molar-refractivity contribution in [2.45, 2.75) is 6.92 Å². The number of hydrogen-bond donors (Lipinski definition) is 2. The van der Waals surface area contributed by atoms with Crippen molar-refractivity contribution >= 4 is 27.8 Å². The van der Waals surface area contributed by atoms with E-state index in [4.69, 9.17) is 9.97 Å². The van der Waals surface area contributed by atoms with Gasteiger partial charge in [-0.25, -0.2) is 9.97 Å². The summed E-state index contributed by atoms with van der Waals surface area (Å²) in [5, 5.41) is 7.62. The van der Waals surface area contributed by atoms with Crippen LogP contribution in [0.15, 0.2) is 43.0 Å². The van der Waals surface area contributed by atoms with Crippen LogP contribution in [0.25, 0.3) is 44.8 Å². The molecule has 0 aromatic carbocycles. The van der Waals surface area contributed by atoms with Crippen LogP contribution in [0.4, 0.5) is 5.69 Å². The third-order valence-electron chi connectivity index (χ3n) is 6.17. The van der Waals surface area contributed by atoms with Crippen LogP contribution < -0.4 is 4.90 Å². The van der Waals surface area contributed by atoms with Crippen LogP contribution in [0.1, 0.15) is 5.56 Å². The summed E-state index contributed by atoms with van der Waals surface area (Å²) in [6.45, 7) is 6.03. The SMILES string of the molecule is Cc1ccncc1-c1ccc2[nH]nc(-c3nc4c(N5CCN(C)CC5)cncc4[nH]3)c2n1. The van der Waals surface area contributed by atoms with Crippen molar-refractivity contribution in [1.29, 1.82) is 0 Å². The Hall–Kier alpha value is -3.85. The van der Waals surface area contributed by atoms with Crippen LogP contribution in [0.3, 0.4) is 0 Å². The fourth-order valence-corrected chi connectivity index (χ4v) is 4.26. The van der Waals surface area contributed by atoms with Gasteiger partial charge in [-0.3, -0.25) is 15.1 Å². The van der Waals surface area contributed by atoms with Gasteiger partial charge in [-0.2, -0.15) is 5.10 Å². The molecular formula is C23H23N9. The van der Waals surface area contributed by atoms with Gasteiger partial charge in [0, 0.05) is 44.1 Å². The predicted molar refractivity (Wildman–Crippen MR) is 124 cm³/mol. The third-order valence-corrected chi connectivity index (χ3v) is 6.17. The number of piperazine rings is 1. The number of rotatable bonds is 3. The van der Waals surface area contributed by atoms with Crippen molar-refractivity contribution in [1.82, 2.24) is 40.0 Å². The molecule has 0 bridgehead atoms. The Balaban J connectivity index is 1.45. The van der Waals surface area contributed by atoms with E-state index in [0.717, 1.165) is 70.8 Å². The van der Waals surface area contributed by atoms with Gasteiger partial charge in [0.05, 0.1) is 34.8 Å². The zero-order valence-electron chi connectivity index (χ0n) is 18.0. The molecule has 1 aliphatic rings. The number of hydrogen-bond acceptors (Lipinski definition) is 7. The number of aromatic amines is 2. The molecule has 9 heteroatoms. The molecule has 1 aliphatic heterocycles. The van der Waals surface area contributed by atoms with Crippen LogP contribution in [-0.2, 0) is 0 Å². The van der Waals surface area contributed by atoms with Crippen molar-refractivity contribution in [2.24, 2.45) is 0 Å². The Labute approximate surface area is 184 Å². The fraction of sp³-hybridized carbons (Fsp3) is 0.261. The van der Waals surface area contributed by atoms with E-state index in [0.29, 0.717) is 11.5 Å². The highest BCUT2D eigenvalue weighted by Gasteiger charge is 2.21. The molecule has 0 aliphatic carbocycles. The molecule has 6 heterocycles. The fourth-order valence-electron chi connectivity index (χ4n) is 4.26. The molecular weight excluding hydrogens is 402 g/mol. The topological polar surface area (TPSA) is 103 Å². The van der Waals surface area contributed by atoms with Crippen molar-refractivity contribution in [3.8, 4) is 22.8 Å². The lowest BCUT2D eigenvalue weighted by Gasteiger charge is -2.33. The number of anilines is 1. The Kier molecular flexibility index (Phi) is 4.36. The van der Waals surface area contributed by atoms with E-state index < -0.39 is 0 Å². The van der Waals surface area contributed by atoms with Gasteiger partial charge in [0.25, 0.3) is 0 Å². The molecule has 5 aromatic heterocycles. The first-order valence-corrected chi connectivity index (χ1v) is 10.7. The van der Waals surface area contributed by atoms with Gasteiger partial charge >= 0.3 is 0 Å². The highest BCUT2D eigenvalue weighted by atomic mass is 15.3. The lowest BCUT2D eigenvalue weighted by atomic mass is 10.1. The second-order valence-electron chi connectivity index (χ2n) is 8.29. The maximum Gasteiger partial charge on any atom is 0.161 e. The van der Waals surface area contributed by atoms with Crippen LogP contribution in [-0.4, -0.2) is 73.2 Å². The van der Waals surface area contributed by atoms with E-state index in [-0.39, 0.29) is 0 Å². The summed E-state index contributed by atoms with van der Waals surface area (Å²) in [7, 11) is 2.15. The molecule has 32 heavy (non-hydrogen) atoms. The van der Waals surface area contributed by atoms with E-state index in [1.807, 2.05) is 36.8 Å². The molecule has 2 N–H and O–H groups in total. The number of nitrogens with zero attached hydrogens (tertiary/aromatic N) is 7. The Morgan fingerprint density at radius 3 is 2.59 bits per heavy atom. The third kappa shape index (κ3) is 3.09. The van der Waals surface area contributed by atoms with Gasteiger partial charge in [-0.05, 0) is 37.7 Å². The molecule has 9 nitrogen and oxygen atoms in total. The number of aryl methyl sites for hydroxylation is 1. The van der Waals surface area contributed by atoms with Crippen LogP contribution in [0, 0.1) is 6.92 Å². The maximum atomic E-state index is 4.93. The molecule has 5 aromatic rings. The summed E-state index contributed by atoms with van der Waals surface area (Å²) in [6.07, 6.45) is 7.36. The van der Waals surface area contributed by atoms with E-state index >= 15 is 0 Å². The van der Waals surface area contributed by atoms with Crippen LogP contribution in [0.2, 0.25) is 0 Å². The summed E-state index contributed by atoms with van der Waals surface area (Å²) in [5.74, 6) is 0.683. The number of nitrogens with one attached hydrogen (secondary N) is 2. The Morgan fingerprint density at radius 2 is 1.75 bits per heavy atom. The summed E-state index contributed by atoms with van der Waals surface area (Å²) in [6, 6.07) is 5.98. The number of pyridine rings is 3. The lowest BCUT2D eigenvalue weighted by molar-refractivity contribution is 0.313. The summed E-state index contributed by atoms with van der Waals surface area (Å²) in [4.78, 5) is 26.6. The van der Waals surface area contributed by atoms with Crippen molar-refractivity contribution < 1.29 is 0 Å². The van der Waals surface area contributed by atoms with E-state index in [2.05, 4.69) is 48.9 Å². The summed E-state index contributed by atoms with van der Waals surface area (Å²) in [5.41, 5.74) is 8.20. The van der Waals surface area contributed by atoms with Gasteiger partial charge < -0.3 is 14.8 Å².